The summed E-state index contributed by atoms with van der Waals surface area (Å²) < 4.78 is 13.2. The second-order valence-corrected chi connectivity index (χ2v) is 11.0. The normalized spacial score (nSPS) is 15.7. The van der Waals surface area contributed by atoms with E-state index in [9.17, 15) is 0 Å². The lowest BCUT2D eigenvalue weighted by Gasteiger charge is -2.34. The zero-order valence-corrected chi connectivity index (χ0v) is 21.5. The van der Waals surface area contributed by atoms with Crippen LogP contribution in [0.5, 0.6) is 23.0 Å². The van der Waals surface area contributed by atoms with Crippen LogP contribution >= 0.6 is 0 Å². The molecule has 4 aromatic carbocycles. The van der Waals surface area contributed by atoms with Gasteiger partial charge in [-0.2, -0.15) is 0 Å². The quantitative estimate of drug-likeness (QED) is 0.359. The van der Waals surface area contributed by atoms with E-state index in [2.05, 4.69) is 99.9 Å². The number of hydrogen-bond acceptors (Lipinski definition) is 4. The predicted molar refractivity (Wildman–Crippen MR) is 148 cm³/mol. The minimum Gasteiger partial charge on any atom is -0.458 e. The lowest BCUT2D eigenvalue weighted by Crippen LogP contribution is -2.66. The van der Waals surface area contributed by atoms with Crippen molar-refractivity contribution in [2.45, 2.75) is 41.5 Å². The number of ether oxygens (including phenoxy) is 2. The lowest BCUT2D eigenvalue weighted by molar-refractivity contribution is 0.485. The van der Waals surface area contributed by atoms with Gasteiger partial charge in [-0.15, -0.1) is 0 Å². The van der Waals surface area contributed by atoms with Gasteiger partial charge in [0.2, 0.25) is 0 Å². The Morgan fingerprint density at radius 1 is 0.500 bits per heavy atom. The number of fused-ring (bicyclic) bond motifs is 9. The van der Waals surface area contributed by atoms with Crippen LogP contribution in [0.15, 0.2) is 48.5 Å². The van der Waals surface area contributed by atoms with Crippen molar-refractivity contribution in [2.75, 3.05) is 5.01 Å². The molecule has 174 valence electrons. The molecule has 0 saturated heterocycles. The van der Waals surface area contributed by atoms with Gasteiger partial charge >= 0.3 is 13.7 Å². The van der Waals surface area contributed by atoms with E-state index in [0.717, 1.165) is 23.0 Å². The minimum absolute atomic E-state index is 0.0664. The van der Waals surface area contributed by atoms with Crippen LogP contribution in [-0.2, 0) is 0 Å². The Hall–Kier alpha value is -3.63. The van der Waals surface area contributed by atoms with Crippen LogP contribution in [0.3, 0.4) is 0 Å². The summed E-state index contributed by atoms with van der Waals surface area (Å²) in [7, 11) is 0. The Morgan fingerprint density at radius 3 is 1.36 bits per heavy atom. The molecule has 0 N–H and O–H groups in total. The molecular formula is C30H26B2N2O2. The second-order valence-electron chi connectivity index (χ2n) is 11.0. The summed E-state index contributed by atoms with van der Waals surface area (Å²) in [6.45, 7) is 13.2. The second kappa shape index (κ2) is 6.57. The maximum absolute atomic E-state index is 6.60. The third kappa shape index (κ3) is 2.40. The van der Waals surface area contributed by atoms with E-state index < -0.39 is 0 Å². The zero-order chi connectivity index (χ0) is 24.6. The van der Waals surface area contributed by atoms with Crippen molar-refractivity contribution >= 4 is 46.9 Å². The molecule has 4 aromatic rings. The van der Waals surface area contributed by atoms with Crippen LogP contribution in [0.4, 0.5) is 11.4 Å². The van der Waals surface area contributed by atoms with Gasteiger partial charge in [-0.25, -0.2) is 0 Å². The summed E-state index contributed by atoms with van der Waals surface area (Å²) in [6.07, 6.45) is 0. The summed E-state index contributed by atoms with van der Waals surface area (Å²) >= 11 is 0. The lowest BCUT2D eigenvalue weighted by atomic mass is 9.38. The maximum atomic E-state index is 6.60. The van der Waals surface area contributed by atoms with Crippen LogP contribution in [0, 0.1) is 41.5 Å². The van der Waals surface area contributed by atoms with Crippen molar-refractivity contribution in [3.63, 3.8) is 0 Å². The topological polar surface area (TPSA) is 24.9 Å². The summed E-state index contributed by atoms with van der Waals surface area (Å²) in [4.78, 5) is 2.59. The van der Waals surface area contributed by atoms with E-state index in [-0.39, 0.29) is 13.7 Å². The molecular weight excluding hydrogens is 442 g/mol. The fourth-order valence-corrected chi connectivity index (χ4v) is 6.64. The SMILES string of the molecule is Cc1cc2c3c(c1)N1c4cc(C)cc5c4B(c4cc(C)c(C)cc4O5)N1B3c1cc(C)c(C)cc1O2. The first-order valence-electron chi connectivity index (χ1n) is 12.8. The number of hydrazine groups is 1. The highest BCUT2D eigenvalue weighted by Crippen LogP contribution is 2.46. The molecule has 0 bridgehead atoms. The van der Waals surface area contributed by atoms with E-state index >= 15 is 0 Å². The van der Waals surface area contributed by atoms with Crippen LogP contribution < -0.4 is 36.3 Å². The summed E-state index contributed by atoms with van der Waals surface area (Å²) in [5.41, 5.74) is 14.9. The van der Waals surface area contributed by atoms with E-state index in [4.69, 9.17) is 9.47 Å². The molecule has 4 aliphatic rings. The molecule has 4 aliphatic heterocycles. The number of rotatable bonds is 0. The summed E-state index contributed by atoms with van der Waals surface area (Å²) in [5, 5.41) is 2.45. The predicted octanol–water partition coefficient (Wildman–Crippen LogP) is 4.34. The van der Waals surface area contributed by atoms with Gasteiger partial charge in [0.25, 0.3) is 0 Å². The minimum atomic E-state index is 0.0664. The van der Waals surface area contributed by atoms with E-state index in [1.807, 2.05) is 0 Å². The van der Waals surface area contributed by atoms with E-state index in [1.165, 1.54) is 66.6 Å². The Morgan fingerprint density at radius 2 is 0.917 bits per heavy atom. The largest absolute Gasteiger partial charge is 0.458 e. The highest BCUT2D eigenvalue weighted by Gasteiger charge is 2.58. The third-order valence-electron chi connectivity index (χ3n) is 8.57. The van der Waals surface area contributed by atoms with Crippen molar-refractivity contribution < 1.29 is 9.47 Å². The fraction of sp³-hybridized carbons (Fsp3) is 0.200. The zero-order valence-electron chi connectivity index (χ0n) is 21.5. The highest BCUT2D eigenvalue weighted by atomic mass is 16.5. The van der Waals surface area contributed by atoms with Gasteiger partial charge in [0.05, 0.1) is 11.4 Å². The first-order chi connectivity index (χ1) is 17.3. The van der Waals surface area contributed by atoms with Gasteiger partial charge in [-0.05, 0) is 122 Å². The first kappa shape index (κ1) is 20.6. The molecule has 0 atom stereocenters. The summed E-state index contributed by atoms with van der Waals surface area (Å²) in [5.74, 6) is 3.88. The summed E-state index contributed by atoms with van der Waals surface area (Å²) in [6, 6.07) is 18.1. The number of hydrogen-bond donors (Lipinski definition) is 0. The van der Waals surface area contributed by atoms with Crippen molar-refractivity contribution in [3.05, 3.63) is 81.9 Å². The molecule has 4 nitrogen and oxygen atoms in total. The van der Waals surface area contributed by atoms with Crippen molar-refractivity contribution in [1.82, 2.24) is 4.83 Å². The number of nitrogens with zero attached hydrogens (tertiary/aromatic N) is 2. The fourth-order valence-electron chi connectivity index (χ4n) is 6.64. The van der Waals surface area contributed by atoms with Gasteiger partial charge in [0.15, 0.2) is 0 Å². The van der Waals surface area contributed by atoms with Gasteiger partial charge in [0, 0.05) is 10.9 Å². The number of benzene rings is 4. The van der Waals surface area contributed by atoms with Crippen molar-refractivity contribution in [1.29, 1.82) is 0 Å². The van der Waals surface area contributed by atoms with Gasteiger partial charge < -0.3 is 9.47 Å². The molecule has 0 amide bonds. The van der Waals surface area contributed by atoms with Crippen molar-refractivity contribution in [2.24, 2.45) is 0 Å². The van der Waals surface area contributed by atoms with Crippen molar-refractivity contribution in [3.8, 4) is 23.0 Å². The van der Waals surface area contributed by atoms with E-state index in [0.29, 0.717) is 0 Å². The molecule has 0 saturated carbocycles. The Balaban J connectivity index is 1.48. The number of anilines is 2. The maximum Gasteiger partial charge on any atom is 0.310 e. The van der Waals surface area contributed by atoms with Gasteiger partial charge in [-0.1, -0.05) is 12.1 Å². The Labute approximate surface area is 212 Å². The van der Waals surface area contributed by atoms with Crippen LogP contribution in [0.2, 0.25) is 0 Å². The Kier molecular flexibility index (Phi) is 3.75. The first-order valence-corrected chi connectivity index (χ1v) is 12.8. The average molecular weight is 468 g/mol. The van der Waals surface area contributed by atoms with Crippen LogP contribution in [0.1, 0.15) is 33.4 Å². The molecule has 0 radical (unpaired) electrons. The van der Waals surface area contributed by atoms with Gasteiger partial charge in [0.1, 0.15) is 23.0 Å². The molecule has 4 heterocycles. The van der Waals surface area contributed by atoms with E-state index in [1.54, 1.807) is 0 Å². The molecule has 0 aliphatic carbocycles. The average Bonchev–Trinajstić information content (AvgIpc) is 3.32. The van der Waals surface area contributed by atoms with Crippen LogP contribution in [0.25, 0.3) is 0 Å². The molecule has 8 rings (SSSR count). The molecule has 0 spiro atoms. The Bertz CT molecular complexity index is 1570. The monoisotopic (exact) mass is 468 g/mol. The third-order valence-corrected chi connectivity index (χ3v) is 8.57. The molecule has 6 heteroatoms. The molecule has 0 fully saturated rings. The van der Waals surface area contributed by atoms with Gasteiger partial charge in [-0.3, -0.25) is 9.84 Å². The molecule has 0 unspecified atom stereocenters. The number of aryl methyl sites for hydroxylation is 6. The van der Waals surface area contributed by atoms with Crippen LogP contribution in [-0.4, -0.2) is 18.5 Å². The smallest absolute Gasteiger partial charge is 0.310 e. The highest BCUT2D eigenvalue weighted by molar-refractivity contribution is 7.01. The molecule has 36 heavy (non-hydrogen) atoms. The molecule has 0 aromatic heterocycles. The standard InChI is InChI=1S/C30H26B2N2O2/c1-15-7-23-29-27(9-15)35-25-13-19(5)17(3)11-21(25)31(29)34-32-22-12-18(4)20(6)14-26(22)36-28-10-16(2)8-24(30(28)32)33(23)34/h7-14H,1-6H3.